The van der Waals surface area contributed by atoms with Gasteiger partial charge in [-0.05, 0) is 26.1 Å². The van der Waals surface area contributed by atoms with Crippen molar-refractivity contribution in [1.82, 2.24) is 0 Å². The second-order valence-electron chi connectivity index (χ2n) is 4.33. The van der Waals surface area contributed by atoms with Crippen LogP contribution in [0, 0.1) is 0 Å². The summed E-state index contributed by atoms with van der Waals surface area (Å²) in [6.45, 7) is 7.97. The van der Waals surface area contributed by atoms with Gasteiger partial charge in [-0.2, -0.15) is 0 Å². The maximum atomic E-state index is 11.7. The van der Waals surface area contributed by atoms with Gasteiger partial charge in [0.1, 0.15) is 7.11 Å². The molecule has 0 N–H and O–H groups in total. The van der Waals surface area contributed by atoms with Crippen LogP contribution in [0.1, 0.15) is 26.2 Å². The van der Waals surface area contributed by atoms with Crippen LogP contribution in [0.15, 0.2) is 5.16 Å². The number of nitrogens with zero attached hydrogens (tertiary/aromatic N) is 1. The Labute approximate surface area is 92.8 Å². The molecule has 88 valence electrons. The maximum Gasteiger partial charge on any atom is 0.342 e. The summed E-state index contributed by atoms with van der Waals surface area (Å²) in [6, 6.07) is 0. The molecule has 0 spiro atoms. The fraction of sp³-hybridized carbons (Fsp3) is 0.800. The minimum Gasteiger partial charge on any atom is -0.515 e. The molecule has 0 aliphatic rings. The molecule has 0 radical (unpaired) electrons. The molecule has 0 saturated carbocycles. The zero-order valence-corrected chi connectivity index (χ0v) is 11.3. The third kappa shape index (κ3) is 7.13. The largest absolute Gasteiger partial charge is 0.515 e. The fourth-order valence-corrected chi connectivity index (χ4v) is 1.65. The van der Waals surface area contributed by atoms with Crippen LogP contribution in [-0.4, -0.2) is 27.1 Å². The second-order valence-corrected chi connectivity index (χ2v) is 8.75. The van der Waals surface area contributed by atoms with Gasteiger partial charge < -0.3 is 9.26 Å². The molecule has 5 heteroatoms. The molecule has 0 heterocycles. The van der Waals surface area contributed by atoms with Crippen LogP contribution in [0.5, 0.6) is 0 Å². The lowest BCUT2D eigenvalue weighted by atomic mass is 10.2. The molecule has 0 amide bonds. The summed E-state index contributed by atoms with van der Waals surface area (Å²) < 4.78 is 5.34. The molecule has 0 aliphatic heterocycles. The summed E-state index contributed by atoms with van der Waals surface area (Å²) in [6.07, 6.45) is 2.56. The van der Waals surface area contributed by atoms with Gasteiger partial charge in [0, 0.05) is 6.42 Å². The fourth-order valence-electron chi connectivity index (χ4n) is 0.976. The summed E-state index contributed by atoms with van der Waals surface area (Å²) in [4.78, 5) is 16.3. The van der Waals surface area contributed by atoms with Crippen molar-refractivity contribution in [1.29, 1.82) is 0 Å². The van der Waals surface area contributed by atoms with E-state index in [1.54, 1.807) is 0 Å². The number of hydrogen-bond acceptors (Lipinski definition) is 4. The number of rotatable bonds is 6. The Morgan fingerprint density at radius 2 is 1.93 bits per heavy atom. The molecule has 0 bridgehead atoms. The molecule has 0 saturated heterocycles. The topological polar surface area (TPSA) is 47.9 Å². The molecule has 0 aromatic carbocycles. The van der Waals surface area contributed by atoms with Crippen molar-refractivity contribution in [3.8, 4) is 0 Å². The number of carbonyl (C=O) groups excluding carboxylic acids is 1. The smallest absolute Gasteiger partial charge is 0.342 e. The molecule has 0 unspecified atom stereocenters. The minimum atomic E-state index is -1.84. The summed E-state index contributed by atoms with van der Waals surface area (Å²) in [7, 11) is -0.399. The average Bonchev–Trinajstić information content (AvgIpc) is 2.09. The summed E-state index contributed by atoms with van der Waals surface area (Å²) in [5.41, 5.74) is 0.391. The zero-order chi connectivity index (χ0) is 11.9. The highest BCUT2D eigenvalue weighted by molar-refractivity contribution is 6.72. The normalized spacial score (nSPS) is 12.5. The highest BCUT2D eigenvalue weighted by Crippen LogP contribution is 2.07. The van der Waals surface area contributed by atoms with E-state index >= 15 is 0 Å². The van der Waals surface area contributed by atoms with Gasteiger partial charge in [0.25, 0.3) is 0 Å². The Morgan fingerprint density at radius 1 is 1.33 bits per heavy atom. The van der Waals surface area contributed by atoms with Gasteiger partial charge in [-0.25, -0.2) is 4.79 Å². The summed E-state index contributed by atoms with van der Waals surface area (Å²) in [5.74, 6) is -0.329. The molecule has 4 nitrogen and oxygen atoms in total. The first-order valence-corrected chi connectivity index (χ1v) is 8.65. The Balaban J connectivity index is 4.37. The van der Waals surface area contributed by atoms with Crippen molar-refractivity contribution in [2.24, 2.45) is 5.16 Å². The molecular weight excluding hydrogens is 210 g/mol. The van der Waals surface area contributed by atoms with E-state index in [9.17, 15) is 4.79 Å². The quantitative estimate of drug-likeness (QED) is 0.401. The van der Waals surface area contributed by atoms with Gasteiger partial charge in [-0.1, -0.05) is 18.5 Å². The lowest BCUT2D eigenvalue weighted by molar-refractivity contribution is -0.128. The van der Waals surface area contributed by atoms with Gasteiger partial charge in [-0.3, -0.25) is 0 Å². The standard InChI is InChI=1S/C10H21NO3Si/c1-6-7-8-9(11-13-2)10(12)14-15(3,4)5/h6-8H2,1-5H3/b11-9+. The van der Waals surface area contributed by atoms with Crippen molar-refractivity contribution in [2.75, 3.05) is 7.11 Å². The molecule has 0 rings (SSSR count). The molecule has 0 aromatic heterocycles. The first-order chi connectivity index (χ1) is 6.90. The van der Waals surface area contributed by atoms with E-state index in [-0.39, 0.29) is 5.97 Å². The van der Waals surface area contributed by atoms with Crippen LogP contribution in [0.2, 0.25) is 19.6 Å². The third-order valence-corrected chi connectivity index (χ3v) is 2.40. The van der Waals surface area contributed by atoms with Crippen LogP contribution in [-0.2, 0) is 14.1 Å². The van der Waals surface area contributed by atoms with E-state index in [0.29, 0.717) is 12.1 Å². The van der Waals surface area contributed by atoms with Crippen LogP contribution in [0.25, 0.3) is 0 Å². The van der Waals surface area contributed by atoms with Gasteiger partial charge in [0.15, 0.2) is 5.71 Å². The van der Waals surface area contributed by atoms with Gasteiger partial charge in [-0.15, -0.1) is 0 Å². The number of carbonyl (C=O) groups is 1. The molecule has 0 aromatic rings. The molecular formula is C10H21NO3Si. The van der Waals surface area contributed by atoms with Crippen molar-refractivity contribution < 1.29 is 14.1 Å². The lowest BCUT2D eigenvalue weighted by Gasteiger charge is -2.17. The second kappa shape index (κ2) is 6.61. The SMILES string of the molecule is CCCC/C(=N\OC)C(=O)O[Si](C)(C)C. The van der Waals surface area contributed by atoms with Gasteiger partial charge in [0.2, 0.25) is 8.32 Å². The first-order valence-electron chi connectivity index (χ1n) is 5.24. The highest BCUT2D eigenvalue weighted by Gasteiger charge is 2.23. The number of unbranched alkanes of at least 4 members (excludes halogenated alkanes) is 1. The molecule has 0 fully saturated rings. The Bertz CT molecular complexity index is 233. The lowest BCUT2D eigenvalue weighted by Crippen LogP contribution is -2.33. The molecule has 0 aliphatic carbocycles. The Kier molecular flexibility index (Phi) is 6.23. The average molecular weight is 231 g/mol. The summed E-state index contributed by atoms with van der Waals surface area (Å²) >= 11 is 0. The first kappa shape index (κ1) is 14.2. The van der Waals surface area contributed by atoms with E-state index in [1.165, 1.54) is 7.11 Å². The predicted octanol–water partition coefficient (Wildman–Crippen LogP) is 2.56. The minimum absolute atomic E-state index is 0.329. The van der Waals surface area contributed by atoms with Gasteiger partial charge >= 0.3 is 5.97 Å². The monoisotopic (exact) mass is 231 g/mol. The highest BCUT2D eigenvalue weighted by atomic mass is 28.4. The zero-order valence-electron chi connectivity index (χ0n) is 10.3. The van der Waals surface area contributed by atoms with Crippen LogP contribution in [0.3, 0.4) is 0 Å². The maximum absolute atomic E-state index is 11.7. The Morgan fingerprint density at radius 3 is 2.33 bits per heavy atom. The van der Waals surface area contributed by atoms with E-state index in [4.69, 9.17) is 4.43 Å². The van der Waals surface area contributed by atoms with E-state index in [2.05, 4.69) is 16.9 Å². The van der Waals surface area contributed by atoms with E-state index in [0.717, 1.165) is 12.8 Å². The Hall–Kier alpha value is -0.843. The van der Waals surface area contributed by atoms with Crippen molar-refractivity contribution in [3.63, 3.8) is 0 Å². The van der Waals surface area contributed by atoms with Crippen LogP contribution in [0.4, 0.5) is 0 Å². The number of oxime groups is 1. The predicted molar refractivity (Wildman–Crippen MR) is 63.4 cm³/mol. The third-order valence-electron chi connectivity index (χ3n) is 1.60. The van der Waals surface area contributed by atoms with Crippen molar-refractivity contribution in [3.05, 3.63) is 0 Å². The van der Waals surface area contributed by atoms with Crippen molar-refractivity contribution >= 4 is 20.0 Å². The van der Waals surface area contributed by atoms with E-state index < -0.39 is 8.32 Å². The van der Waals surface area contributed by atoms with Gasteiger partial charge in [0.05, 0.1) is 0 Å². The molecule has 15 heavy (non-hydrogen) atoms. The summed E-state index contributed by atoms with van der Waals surface area (Å²) in [5, 5.41) is 3.71. The van der Waals surface area contributed by atoms with Crippen molar-refractivity contribution in [2.45, 2.75) is 45.8 Å². The molecule has 0 atom stereocenters. The van der Waals surface area contributed by atoms with Crippen LogP contribution >= 0.6 is 0 Å². The van der Waals surface area contributed by atoms with Crippen LogP contribution < -0.4 is 0 Å². The number of hydrogen-bond donors (Lipinski definition) is 0. The van der Waals surface area contributed by atoms with E-state index in [1.807, 2.05) is 19.6 Å².